The summed E-state index contributed by atoms with van der Waals surface area (Å²) in [4.78, 5) is 14.7. The minimum Gasteiger partial charge on any atom is -0.378 e. The lowest BCUT2D eigenvalue weighted by Crippen LogP contribution is -2.36. The largest absolute Gasteiger partial charge is 0.378 e. The lowest BCUT2D eigenvalue weighted by atomic mass is 10.1. The molecule has 1 fully saturated rings. The molecule has 6 heteroatoms. The molecule has 0 aromatic heterocycles. The van der Waals surface area contributed by atoms with Crippen molar-refractivity contribution >= 4 is 29.8 Å². The Bertz CT molecular complexity index is 993. The number of halogens is 1. The summed E-state index contributed by atoms with van der Waals surface area (Å²) < 4.78 is 5.53. The van der Waals surface area contributed by atoms with Crippen molar-refractivity contribution in [1.29, 1.82) is 0 Å². The number of hydrogen-bond donors (Lipinski definition) is 1. The van der Waals surface area contributed by atoms with Crippen LogP contribution in [-0.4, -0.2) is 43.3 Å². The predicted molar refractivity (Wildman–Crippen MR) is 120 cm³/mol. The van der Waals surface area contributed by atoms with E-state index in [1.807, 2.05) is 18.2 Å². The van der Waals surface area contributed by atoms with Gasteiger partial charge in [-0.15, -0.1) is 0 Å². The van der Waals surface area contributed by atoms with Gasteiger partial charge in [0.15, 0.2) is 0 Å². The van der Waals surface area contributed by atoms with Crippen LogP contribution in [0.15, 0.2) is 76.5 Å². The van der Waals surface area contributed by atoms with E-state index < -0.39 is 0 Å². The highest BCUT2D eigenvalue weighted by Crippen LogP contribution is 2.35. The van der Waals surface area contributed by atoms with Crippen LogP contribution in [0.4, 0.5) is 0 Å². The van der Waals surface area contributed by atoms with Crippen molar-refractivity contribution < 1.29 is 9.53 Å². The normalized spacial score (nSPS) is 18.4. The molecule has 0 unspecified atom stereocenters. The molecule has 30 heavy (non-hydrogen) atoms. The van der Waals surface area contributed by atoms with Gasteiger partial charge >= 0.3 is 0 Å². The number of carbonyl (C=O) groups excluding carboxylic acids is 1. The smallest absolute Gasteiger partial charge is 0.272 e. The van der Waals surface area contributed by atoms with E-state index in [0.29, 0.717) is 10.6 Å². The van der Waals surface area contributed by atoms with Crippen LogP contribution in [0.25, 0.3) is 6.08 Å². The number of nitrogens with one attached hydrogen (secondary N) is 1. The Morgan fingerprint density at radius 1 is 1.03 bits per heavy atom. The summed E-state index contributed by atoms with van der Waals surface area (Å²) in [5, 5.41) is 4.64. The third kappa shape index (κ3) is 4.81. The summed E-state index contributed by atoms with van der Waals surface area (Å²) in [6.07, 6.45) is 5.84. The molecule has 0 saturated carbocycles. The molecule has 2 aromatic rings. The first-order valence-corrected chi connectivity index (χ1v) is 10.5. The van der Waals surface area contributed by atoms with Gasteiger partial charge in [-0.25, -0.2) is 5.43 Å². The number of amides is 1. The second kappa shape index (κ2) is 9.74. The molecule has 1 N–H and O–H groups in total. The highest BCUT2D eigenvalue weighted by molar-refractivity contribution is 6.33. The highest BCUT2D eigenvalue weighted by Gasteiger charge is 2.25. The summed E-state index contributed by atoms with van der Waals surface area (Å²) in [6.45, 7) is 3.14. The standard InChI is InChI=1S/C24H24ClN3O2/c25-22-9-5-4-8-21(22)24(29)27-26-17-20-11-10-19(16-18-6-2-1-3-7-18)23(20)28-12-14-30-15-13-28/h1-9,16-17H,10-15H2,(H,27,29)/b19-16+,26-17+. The van der Waals surface area contributed by atoms with Crippen molar-refractivity contribution in [3.63, 3.8) is 0 Å². The number of ether oxygens (including phenoxy) is 1. The summed E-state index contributed by atoms with van der Waals surface area (Å²) >= 11 is 6.10. The summed E-state index contributed by atoms with van der Waals surface area (Å²) in [6, 6.07) is 17.3. The minimum absolute atomic E-state index is 0.316. The molecule has 4 rings (SSSR count). The van der Waals surface area contributed by atoms with Gasteiger partial charge in [-0.1, -0.05) is 54.1 Å². The molecule has 0 radical (unpaired) electrons. The van der Waals surface area contributed by atoms with E-state index in [-0.39, 0.29) is 5.91 Å². The van der Waals surface area contributed by atoms with Crippen LogP contribution < -0.4 is 5.43 Å². The number of rotatable bonds is 5. The maximum absolute atomic E-state index is 12.4. The monoisotopic (exact) mass is 421 g/mol. The fraction of sp³-hybridized carbons (Fsp3) is 0.250. The van der Waals surface area contributed by atoms with Crippen LogP contribution in [0.5, 0.6) is 0 Å². The second-order valence-corrected chi connectivity index (χ2v) is 7.64. The fourth-order valence-electron chi connectivity index (χ4n) is 3.80. The zero-order valence-electron chi connectivity index (χ0n) is 16.7. The molecule has 154 valence electrons. The van der Waals surface area contributed by atoms with E-state index in [4.69, 9.17) is 16.3 Å². The molecule has 1 saturated heterocycles. The molecule has 2 aromatic carbocycles. The van der Waals surface area contributed by atoms with Crippen molar-refractivity contribution in [3.8, 4) is 0 Å². The lowest BCUT2D eigenvalue weighted by Gasteiger charge is -2.31. The van der Waals surface area contributed by atoms with Gasteiger partial charge in [-0.2, -0.15) is 5.10 Å². The maximum Gasteiger partial charge on any atom is 0.272 e. The van der Waals surface area contributed by atoms with Crippen LogP contribution in [-0.2, 0) is 4.74 Å². The van der Waals surface area contributed by atoms with Crippen LogP contribution in [0.2, 0.25) is 5.02 Å². The van der Waals surface area contributed by atoms with Gasteiger partial charge in [0.05, 0.1) is 30.0 Å². The van der Waals surface area contributed by atoms with Crippen LogP contribution >= 0.6 is 11.6 Å². The topological polar surface area (TPSA) is 53.9 Å². The molecule has 0 bridgehead atoms. The van der Waals surface area contributed by atoms with Gasteiger partial charge < -0.3 is 9.64 Å². The fourth-order valence-corrected chi connectivity index (χ4v) is 4.02. The van der Waals surface area contributed by atoms with Gasteiger partial charge in [-0.05, 0) is 47.8 Å². The van der Waals surface area contributed by atoms with E-state index in [0.717, 1.165) is 44.7 Å². The Hall–Kier alpha value is -2.89. The van der Waals surface area contributed by atoms with Crippen LogP contribution in [0, 0.1) is 0 Å². The molecule has 1 amide bonds. The van der Waals surface area contributed by atoms with Crippen molar-refractivity contribution in [2.24, 2.45) is 5.10 Å². The molecule has 1 aliphatic heterocycles. The van der Waals surface area contributed by atoms with E-state index >= 15 is 0 Å². The van der Waals surface area contributed by atoms with Gasteiger partial charge in [0.25, 0.3) is 5.91 Å². The van der Waals surface area contributed by atoms with E-state index in [1.165, 1.54) is 16.8 Å². The maximum atomic E-state index is 12.4. The first-order chi connectivity index (χ1) is 14.7. The number of benzene rings is 2. The third-order valence-corrected chi connectivity index (χ3v) is 5.57. The Kier molecular flexibility index (Phi) is 6.62. The first kappa shape index (κ1) is 20.4. The highest BCUT2D eigenvalue weighted by atomic mass is 35.5. The molecule has 1 aliphatic carbocycles. The van der Waals surface area contributed by atoms with Crippen molar-refractivity contribution in [1.82, 2.24) is 10.3 Å². The summed E-state index contributed by atoms with van der Waals surface area (Å²) in [5.74, 6) is -0.316. The van der Waals surface area contributed by atoms with Gasteiger partial charge in [0, 0.05) is 18.8 Å². The molecule has 1 heterocycles. The van der Waals surface area contributed by atoms with E-state index in [2.05, 4.69) is 33.6 Å². The minimum atomic E-state index is -0.316. The zero-order chi connectivity index (χ0) is 20.8. The molecular weight excluding hydrogens is 398 g/mol. The second-order valence-electron chi connectivity index (χ2n) is 7.23. The quantitative estimate of drug-likeness (QED) is 0.570. The molecule has 2 aliphatic rings. The van der Waals surface area contributed by atoms with E-state index in [1.54, 1.807) is 30.5 Å². The number of morpholine rings is 1. The van der Waals surface area contributed by atoms with Crippen LogP contribution in [0.1, 0.15) is 28.8 Å². The number of nitrogens with zero attached hydrogens (tertiary/aromatic N) is 2. The molecule has 0 spiro atoms. The average molecular weight is 422 g/mol. The SMILES string of the molecule is O=C(N/N=C/C1=C(N2CCOCC2)C(=C/c2ccccc2)/CC1)c1ccccc1Cl. The Morgan fingerprint density at radius 2 is 1.77 bits per heavy atom. The van der Waals surface area contributed by atoms with Gasteiger partial charge in [0.2, 0.25) is 0 Å². The Labute approximate surface area is 181 Å². The molecule has 0 atom stereocenters. The Balaban J connectivity index is 1.57. The number of allylic oxidation sites excluding steroid dienone is 2. The predicted octanol–water partition coefficient (Wildman–Crippen LogP) is 4.52. The number of carbonyl (C=O) groups is 1. The van der Waals surface area contributed by atoms with Crippen molar-refractivity contribution in [2.75, 3.05) is 26.3 Å². The zero-order valence-corrected chi connectivity index (χ0v) is 17.4. The number of hydrogen-bond acceptors (Lipinski definition) is 4. The molecular formula is C24H24ClN3O2. The summed E-state index contributed by atoms with van der Waals surface area (Å²) in [5.41, 5.74) is 7.82. The first-order valence-electron chi connectivity index (χ1n) is 10.1. The number of hydrazone groups is 1. The van der Waals surface area contributed by atoms with Crippen LogP contribution in [0.3, 0.4) is 0 Å². The van der Waals surface area contributed by atoms with Gasteiger partial charge in [0.1, 0.15) is 0 Å². The third-order valence-electron chi connectivity index (χ3n) is 5.24. The Morgan fingerprint density at radius 3 is 2.53 bits per heavy atom. The van der Waals surface area contributed by atoms with E-state index in [9.17, 15) is 4.79 Å². The molecule has 5 nitrogen and oxygen atoms in total. The summed E-state index contributed by atoms with van der Waals surface area (Å²) in [7, 11) is 0. The van der Waals surface area contributed by atoms with Crippen molar-refractivity contribution in [2.45, 2.75) is 12.8 Å². The lowest BCUT2D eigenvalue weighted by molar-refractivity contribution is 0.0548. The van der Waals surface area contributed by atoms with Gasteiger partial charge in [-0.3, -0.25) is 4.79 Å². The average Bonchev–Trinajstić information content (AvgIpc) is 3.17. The van der Waals surface area contributed by atoms with Crippen molar-refractivity contribution in [3.05, 3.63) is 87.6 Å².